The van der Waals surface area contributed by atoms with Gasteiger partial charge in [-0.05, 0) is 42.3 Å². The molecule has 16 heavy (non-hydrogen) atoms. The van der Waals surface area contributed by atoms with E-state index in [2.05, 4.69) is 28.8 Å². The molecule has 90 valence electrons. The van der Waals surface area contributed by atoms with Crippen LogP contribution in [-0.4, -0.2) is 37.2 Å². The minimum atomic E-state index is -0.0526. The molecule has 1 aliphatic rings. The van der Waals surface area contributed by atoms with E-state index < -0.39 is 0 Å². The lowest BCUT2D eigenvalue weighted by Gasteiger charge is -2.36. The molecule has 2 rings (SSSR count). The number of ether oxygens (including phenoxy) is 1. The first-order chi connectivity index (χ1) is 7.68. The molecule has 1 fully saturated rings. The van der Waals surface area contributed by atoms with Gasteiger partial charge in [0.25, 0.3) is 0 Å². The number of hydrogen-bond donors (Lipinski definition) is 1. The van der Waals surface area contributed by atoms with Gasteiger partial charge in [0.15, 0.2) is 0 Å². The van der Waals surface area contributed by atoms with Crippen molar-refractivity contribution in [2.45, 2.75) is 24.9 Å². The fourth-order valence-corrected chi connectivity index (χ4v) is 2.88. The first-order valence-corrected chi connectivity index (χ1v) is 6.68. The first kappa shape index (κ1) is 12.0. The maximum absolute atomic E-state index is 6.37. The standard InChI is InChI=1S/C12H20N2OS/c1-14(8-11-2-7-16-9-11)10-12(13)3-5-15-6-4-12/h2,7,9H,3-6,8,10,13H2,1H3. The molecule has 0 unspecified atom stereocenters. The Kier molecular flexibility index (Phi) is 3.97. The molecular formula is C12H20N2OS. The van der Waals surface area contributed by atoms with E-state index >= 15 is 0 Å². The molecule has 2 N–H and O–H groups in total. The van der Waals surface area contributed by atoms with Crippen molar-refractivity contribution in [2.24, 2.45) is 5.73 Å². The SMILES string of the molecule is CN(Cc1ccsc1)CC1(N)CCOCC1. The van der Waals surface area contributed by atoms with Crippen LogP contribution in [-0.2, 0) is 11.3 Å². The van der Waals surface area contributed by atoms with Crippen molar-refractivity contribution < 1.29 is 4.74 Å². The normalized spacial score (nSPS) is 20.2. The van der Waals surface area contributed by atoms with Gasteiger partial charge in [0, 0.05) is 31.8 Å². The van der Waals surface area contributed by atoms with E-state index in [0.717, 1.165) is 39.1 Å². The van der Waals surface area contributed by atoms with Crippen LogP contribution >= 0.6 is 11.3 Å². The Morgan fingerprint density at radius 3 is 2.88 bits per heavy atom. The summed E-state index contributed by atoms with van der Waals surface area (Å²) in [6.45, 7) is 3.56. The summed E-state index contributed by atoms with van der Waals surface area (Å²) >= 11 is 1.75. The highest BCUT2D eigenvalue weighted by Gasteiger charge is 2.29. The van der Waals surface area contributed by atoms with Crippen LogP contribution in [0.3, 0.4) is 0 Å². The number of hydrogen-bond acceptors (Lipinski definition) is 4. The van der Waals surface area contributed by atoms with Gasteiger partial charge in [-0.2, -0.15) is 11.3 Å². The van der Waals surface area contributed by atoms with Crippen LogP contribution in [0.4, 0.5) is 0 Å². The van der Waals surface area contributed by atoms with Crippen LogP contribution in [0.15, 0.2) is 16.8 Å². The Bertz CT molecular complexity index is 307. The van der Waals surface area contributed by atoms with Gasteiger partial charge in [0.1, 0.15) is 0 Å². The zero-order chi connectivity index (χ0) is 11.4. The van der Waals surface area contributed by atoms with Gasteiger partial charge >= 0.3 is 0 Å². The third-order valence-corrected chi connectivity index (χ3v) is 3.84. The van der Waals surface area contributed by atoms with E-state index in [4.69, 9.17) is 10.5 Å². The summed E-state index contributed by atoms with van der Waals surface area (Å²) < 4.78 is 5.36. The molecule has 2 heterocycles. The highest BCUT2D eigenvalue weighted by Crippen LogP contribution is 2.19. The summed E-state index contributed by atoms with van der Waals surface area (Å²) in [6, 6.07) is 2.17. The van der Waals surface area contributed by atoms with E-state index in [-0.39, 0.29) is 5.54 Å². The minimum Gasteiger partial charge on any atom is -0.381 e. The smallest absolute Gasteiger partial charge is 0.0484 e. The summed E-state index contributed by atoms with van der Waals surface area (Å²) in [5, 5.41) is 4.32. The molecule has 0 aromatic carbocycles. The van der Waals surface area contributed by atoms with Crippen molar-refractivity contribution in [3.8, 4) is 0 Å². The zero-order valence-electron chi connectivity index (χ0n) is 9.82. The number of likely N-dealkylation sites (N-methyl/N-ethyl adjacent to an activating group) is 1. The number of rotatable bonds is 4. The monoisotopic (exact) mass is 240 g/mol. The Labute approximate surface area is 101 Å². The summed E-state index contributed by atoms with van der Waals surface area (Å²) in [6.07, 6.45) is 1.95. The molecule has 0 radical (unpaired) electrons. The van der Waals surface area contributed by atoms with E-state index in [1.54, 1.807) is 11.3 Å². The molecule has 0 saturated carbocycles. The molecule has 4 heteroatoms. The van der Waals surface area contributed by atoms with Gasteiger partial charge in [0.2, 0.25) is 0 Å². The van der Waals surface area contributed by atoms with E-state index in [1.807, 2.05) is 0 Å². The molecule has 1 aliphatic heterocycles. The summed E-state index contributed by atoms with van der Waals surface area (Å²) in [4.78, 5) is 2.31. The predicted octanol–water partition coefficient (Wildman–Crippen LogP) is 1.69. The van der Waals surface area contributed by atoms with Gasteiger partial charge in [-0.1, -0.05) is 0 Å². The molecule has 0 aliphatic carbocycles. The topological polar surface area (TPSA) is 38.5 Å². The average Bonchev–Trinajstić information content (AvgIpc) is 2.70. The molecule has 0 bridgehead atoms. The van der Waals surface area contributed by atoms with Crippen LogP contribution in [0, 0.1) is 0 Å². The predicted molar refractivity (Wildman–Crippen MR) is 67.6 cm³/mol. The van der Waals surface area contributed by atoms with Crippen molar-refractivity contribution in [3.63, 3.8) is 0 Å². The lowest BCUT2D eigenvalue weighted by molar-refractivity contribution is 0.0403. The van der Waals surface area contributed by atoms with Gasteiger partial charge in [0.05, 0.1) is 0 Å². The fourth-order valence-electron chi connectivity index (χ4n) is 2.22. The Morgan fingerprint density at radius 2 is 2.25 bits per heavy atom. The molecule has 1 saturated heterocycles. The summed E-state index contributed by atoms with van der Waals surface area (Å²) in [5.41, 5.74) is 7.70. The van der Waals surface area contributed by atoms with Crippen molar-refractivity contribution in [2.75, 3.05) is 26.8 Å². The van der Waals surface area contributed by atoms with E-state index in [9.17, 15) is 0 Å². The largest absolute Gasteiger partial charge is 0.381 e. The highest BCUT2D eigenvalue weighted by molar-refractivity contribution is 7.07. The molecular weight excluding hydrogens is 220 g/mol. The van der Waals surface area contributed by atoms with Crippen molar-refractivity contribution in [1.29, 1.82) is 0 Å². The highest BCUT2D eigenvalue weighted by atomic mass is 32.1. The lowest BCUT2D eigenvalue weighted by atomic mass is 9.91. The van der Waals surface area contributed by atoms with Crippen LogP contribution in [0.1, 0.15) is 18.4 Å². The van der Waals surface area contributed by atoms with E-state index in [1.165, 1.54) is 5.56 Å². The summed E-state index contributed by atoms with van der Waals surface area (Å²) in [7, 11) is 2.14. The van der Waals surface area contributed by atoms with E-state index in [0.29, 0.717) is 0 Å². The number of nitrogens with two attached hydrogens (primary N) is 1. The van der Waals surface area contributed by atoms with Gasteiger partial charge in [-0.25, -0.2) is 0 Å². The Balaban J connectivity index is 1.84. The van der Waals surface area contributed by atoms with Crippen molar-refractivity contribution in [1.82, 2.24) is 4.90 Å². The van der Waals surface area contributed by atoms with Crippen molar-refractivity contribution in [3.05, 3.63) is 22.4 Å². The maximum atomic E-state index is 6.37. The maximum Gasteiger partial charge on any atom is 0.0484 e. The van der Waals surface area contributed by atoms with Crippen LogP contribution in [0.25, 0.3) is 0 Å². The van der Waals surface area contributed by atoms with Crippen molar-refractivity contribution >= 4 is 11.3 Å². The second-order valence-electron chi connectivity index (χ2n) is 4.78. The second kappa shape index (κ2) is 5.27. The Morgan fingerprint density at radius 1 is 1.50 bits per heavy atom. The Hall–Kier alpha value is -0.420. The van der Waals surface area contributed by atoms with Crippen LogP contribution in [0.5, 0.6) is 0 Å². The first-order valence-electron chi connectivity index (χ1n) is 5.74. The molecule has 1 aromatic rings. The molecule has 3 nitrogen and oxygen atoms in total. The number of thiophene rings is 1. The average molecular weight is 240 g/mol. The number of nitrogens with zero attached hydrogens (tertiary/aromatic N) is 1. The molecule has 1 aromatic heterocycles. The quantitative estimate of drug-likeness (QED) is 0.870. The van der Waals surface area contributed by atoms with Gasteiger partial charge in [-0.15, -0.1) is 0 Å². The molecule has 0 amide bonds. The third kappa shape index (κ3) is 3.28. The fraction of sp³-hybridized carbons (Fsp3) is 0.667. The molecule has 0 atom stereocenters. The van der Waals surface area contributed by atoms with Crippen LogP contribution in [0.2, 0.25) is 0 Å². The van der Waals surface area contributed by atoms with Crippen LogP contribution < -0.4 is 5.73 Å². The minimum absolute atomic E-state index is 0.0526. The van der Waals surface area contributed by atoms with Gasteiger partial charge < -0.3 is 15.4 Å². The third-order valence-electron chi connectivity index (χ3n) is 3.11. The summed E-state index contributed by atoms with van der Waals surface area (Å²) in [5.74, 6) is 0. The lowest BCUT2D eigenvalue weighted by Crippen LogP contribution is -2.52. The second-order valence-corrected chi connectivity index (χ2v) is 5.56. The van der Waals surface area contributed by atoms with Gasteiger partial charge in [-0.3, -0.25) is 0 Å². The zero-order valence-corrected chi connectivity index (χ0v) is 10.6. The molecule has 0 spiro atoms.